The van der Waals surface area contributed by atoms with E-state index in [4.69, 9.17) is 0 Å². The molecule has 2 aromatic carbocycles. The summed E-state index contributed by atoms with van der Waals surface area (Å²) in [5.41, 5.74) is 2.82. The fraction of sp³-hybridized carbons (Fsp3) is 0.211. The smallest absolute Gasteiger partial charge is 0.237 e. The molecular formula is C19H21N5OS. The fourth-order valence-corrected chi connectivity index (χ4v) is 3.21. The predicted molar refractivity (Wildman–Crippen MR) is 106 cm³/mol. The highest BCUT2D eigenvalue weighted by molar-refractivity contribution is 8.00. The number of nitrogens with zero attached hydrogens (tertiary/aromatic N) is 4. The minimum absolute atomic E-state index is 0.0739. The van der Waals surface area contributed by atoms with Gasteiger partial charge in [-0.25, -0.2) is 0 Å². The second-order valence-corrected chi connectivity index (χ2v) is 7.32. The molecule has 1 amide bonds. The maximum Gasteiger partial charge on any atom is 0.237 e. The first kappa shape index (κ1) is 18.0. The van der Waals surface area contributed by atoms with E-state index in [0.29, 0.717) is 5.16 Å². The second-order valence-electron chi connectivity index (χ2n) is 6.01. The molecule has 0 aliphatic heterocycles. The molecule has 0 radical (unpaired) electrons. The molecule has 1 heterocycles. The highest BCUT2D eigenvalue weighted by Gasteiger charge is 2.18. The number of amides is 1. The summed E-state index contributed by atoms with van der Waals surface area (Å²) in [6, 6.07) is 17.6. The Labute approximate surface area is 157 Å². The molecule has 1 aromatic heterocycles. The van der Waals surface area contributed by atoms with E-state index in [1.165, 1.54) is 11.8 Å². The Morgan fingerprint density at radius 1 is 1.12 bits per heavy atom. The van der Waals surface area contributed by atoms with E-state index >= 15 is 0 Å². The number of aromatic nitrogens is 3. The van der Waals surface area contributed by atoms with E-state index in [0.717, 1.165) is 17.1 Å². The summed E-state index contributed by atoms with van der Waals surface area (Å²) in [6.45, 7) is 1.86. The van der Waals surface area contributed by atoms with E-state index in [2.05, 4.69) is 15.5 Å². The van der Waals surface area contributed by atoms with Crippen LogP contribution in [-0.2, 0) is 4.79 Å². The number of rotatable bonds is 6. The third kappa shape index (κ3) is 4.23. The van der Waals surface area contributed by atoms with Crippen molar-refractivity contribution in [2.45, 2.75) is 17.3 Å². The Kier molecular flexibility index (Phi) is 5.58. The monoisotopic (exact) mass is 367 g/mol. The molecular weight excluding hydrogens is 346 g/mol. The Bertz CT molecular complexity index is 861. The highest BCUT2D eigenvalue weighted by Crippen LogP contribution is 2.25. The van der Waals surface area contributed by atoms with Crippen molar-refractivity contribution < 1.29 is 4.79 Å². The number of thioether (sulfide) groups is 1. The van der Waals surface area contributed by atoms with Gasteiger partial charge in [-0.2, -0.15) is 0 Å². The third-order valence-electron chi connectivity index (χ3n) is 3.85. The van der Waals surface area contributed by atoms with Crippen molar-refractivity contribution in [1.29, 1.82) is 0 Å². The van der Waals surface area contributed by atoms with Gasteiger partial charge in [0.05, 0.1) is 5.25 Å². The molecule has 0 fully saturated rings. The number of nitrogens with one attached hydrogen (secondary N) is 1. The molecule has 6 nitrogen and oxygen atoms in total. The molecule has 3 rings (SSSR count). The van der Waals surface area contributed by atoms with Gasteiger partial charge in [0.15, 0.2) is 5.16 Å². The molecule has 0 aliphatic rings. The Morgan fingerprint density at radius 3 is 2.46 bits per heavy atom. The van der Waals surface area contributed by atoms with Crippen LogP contribution in [0.1, 0.15) is 6.92 Å². The number of carbonyl (C=O) groups is 1. The van der Waals surface area contributed by atoms with Crippen molar-refractivity contribution in [3.63, 3.8) is 0 Å². The first-order valence-electron chi connectivity index (χ1n) is 8.25. The Hall–Kier alpha value is -2.80. The normalized spacial score (nSPS) is 11.8. The van der Waals surface area contributed by atoms with Crippen LogP contribution in [0.2, 0.25) is 0 Å². The standard InChI is InChI=1S/C19H21N5OS/c1-14(18(25)21-15-9-11-16(12-10-15)23(2)3)26-19-22-20-13-24(19)17-7-5-4-6-8-17/h4-14H,1-3H3,(H,21,25)/t14-/m0/s1. The first-order valence-corrected chi connectivity index (χ1v) is 9.13. The van der Waals surface area contributed by atoms with Crippen LogP contribution in [0.3, 0.4) is 0 Å². The summed E-state index contributed by atoms with van der Waals surface area (Å²) in [6.07, 6.45) is 1.66. The van der Waals surface area contributed by atoms with E-state index in [9.17, 15) is 4.79 Å². The predicted octanol–water partition coefficient (Wildman–Crippen LogP) is 3.45. The molecule has 134 valence electrons. The fourth-order valence-electron chi connectivity index (χ4n) is 2.37. The topological polar surface area (TPSA) is 63.1 Å². The molecule has 3 aromatic rings. The zero-order valence-electron chi connectivity index (χ0n) is 15.0. The SMILES string of the molecule is C[C@H](Sc1nncn1-c1ccccc1)C(=O)Nc1ccc(N(C)C)cc1. The van der Waals surface area contributed by atoms with Crippen molar-refractivity contribution in [3.05, 3.63) is 60.9 Å². The highest BCUT2D eigenvalue weighted by atomic mass is 32.2. The summed E-state index contributed by atoms with van der Waals surface area (Å²) < 4.78 is 1.88. The van der Waals surface area contributed by atoms with Crippen LogP contribution in [0.5, 0.6) is 0 Å². The van der Waals surface area contributed by atoms with Crippen molar-refractivity contribution in [1.82, 2.24) is 14.8 Å². The summed E-state index contributed by atoms with van der Waals surface area (Å²) in [5.74, 6) is -0.0739. The van der Waals surface area contributed by atoms with Crippen LogP contribution in [-0.4, -0.2) is 40.0 Å². The van der Waals surface area contributed by atoms with Gasteiger partial charge in [0, 0.05) is 31.2 Å². The number of hydrogen-bond donors (Lipinski definition) is 1. The number of anilines is 2. The number of carbonyl (C=O) groups excluding carboxylic acids is 1. The van der Waals surface area contributed by atoms with E-state index in [1.807, 2.05) is 85.1 Å². The number of hydrogen-bond acceptors (Lipinski definition) is 5. The lowest BCUT2D eigenvalue weighted by Gasteiger charge is -2.15. The zero-order valence-corrected chi connectivity index (χ0v) is 15.8. The van der Waals surface area contributed by atoms with Gasteiger partial charge in [0.1, 0.15) is 6.33 Å². The molecule has 0 saturated carbocycles. The lowest BCUT2D eigenvalue weighted by Crippen LogP contribution is -2.22. The lowest BCUT2D eigenvalue weighted by molar-refractivity contribution is -0.115. The molecule has 0 aliphatic carbocycles. The van der Waals surface area contributed by atoms with Gasteiger partial charge in [0.2, 0.25) is 5.91 Å². The first-order chi connectivity index (χ1) is 12.5. The average molecular weight is 367 g/mol. The van der Waals surface area contributed by atoms with Crippen molar-refractivity contribution in [2.24, 2.45) is 0 Å². The number of para-hydroxylation sites is 1. The Balaban J connectivity index is 1.66. The van der Waals surface area contributed by atoms with Crippen molar-refractivity contribution in [3.8, 4) is 5.69 Å². The van der Waals surface area contributed by atoms with E-state index in [-0.39, 0.29) is 11.2 Å². The molecule has 0 spiro atoms. The molecule has 0 bridgehead atoms. The minimum atomic E-state index is -0.310. The maximum absolute atomic E-state index is 12.5. The minimum Gasteiger partial charge on any atom is -0.378 e. The largest absolute Gasteiger partial charge is 0.378 e. The molecule has 0 unspecified atom stereocenters. The molecule has 0 saturated heterocycles. The Morgan fingerprint density at radius 2 is 1.81 bits per heavy atom. The summed E-state index contributed by atoms with van der Waals surface area (Å²) in [4.78, 5) is 14.5. The molecule has 1 N–H and O–H groups in total. The van der Waals surface area contributed by atoms with E-state index < -0.39 is 0 Å². The average Bonchev–Trinajstić information content (AvgIpc) is 3.11. The van der Waals surface area contributed by atoms with Crippen LogP contribution < -0.4 is 10.2 Å². The summed E-state index contributed by atoms with van der Waals surface area (Å²) in [7, 11) is 3.96. The summed E-state index contributed by atoms with van der Waals surface area (Å²) >= 11 is 1.38. The van der Waals surface area contributed by atoms with Gasteiger partial charge >= 0.3 is 0 Å². The van der Waals surface area contributed by atoms with Gasteiger partial charge in [-0.3, -0.25) is 9.36 Å². The molecule has 1 atom stereocenters. The van der Waals surface area contributed by atoms with Gasteiger partial charge in [-0.15, -0.1) is 10.2 Å². The van der Waals surface area contributed by atoms with Crippen LogP contribution in [0.25, 0.3) is 5.69 Å². The van der Waals surface area contributed by atoms with Gasteiger partial charge in [0.25, 0.3) is 0 Å². The summed E-state index contributed by atoms with van der Waals surface area (Å²) in [5, 5.41) is 11.4. The second kappa shape index (κ2) is 8.05. The maximum atomic E-state index is 12.5. The van der Waals surface area contributed by atoms with E-state index in [1.54, 1.807) is 6.33 Å². The van der Waals surface area contributed by atoms with Gasteiger partial charge < -0.3 is 10.2 Å². The van der Waals surface area contributed by atoms with Crippen LogP contribution in [0, 0.1) is 0 Å². The third-order valence-corrected chi connectivity index (χ3v) is 4.91. The molecule has 26 heavy (non-hydrogen) atoms. The van der Waals surface area contributed by atoms with Crippen molar-refractivity contribution >= 4 is 29.0 Å². The number of benzene rings is 2. The molecule has 7 heteroatoms. The van der Waals surface area contributed by atoms with Crippen LogP contribution >= 0.6 is 11.8 Å². The van der Waals surface area contributed by atoms with Crippen LogP contribution in [0.15, 0.2) is 66.1 Å². The van der Waals surface area contributed by atoms with Crippen molar-refractivity contribution in [2.75, 3.05) is 24.3 Å². The quantitative estimate of drug-likeness (QED) is 0.676. The van der Waals surface area contributed by atoms with Gasteiger partial charge in [-0.05, 0) is 43.3 Å². The van der Waals surface area contributed by atoms with Gasteiger partial charge in [-0.1, -0.05) is 30.0 Å². The van der Waals surface area contributed by atoms with Crippen LogP contribution in [0.4, 0.5) is 11.4 Å². The lowest BCUT2D eigenvalue weighted by atomic mass is 10.2. The zero-order chi connectivity index (χ0) is 18.5.